The predicted octanol–water partition coefficient (Wildman–Crippen LogP) is 3.40. The highest BCUT2D eigenvalue weighted by Gasteiger charge is 2.04. The van der Waals surface area contributed by atoms with Crippen LogP contribution in [0.1, 0.15) is 32.3 Å². The second-order valence-corrected chi connectivity index (χ2v) is 5.73. The summed E-state index contributed by atoms with van der Waals surface area (Å²) in [6, 6.07) is 6.36. The topological polar surface area (TPSA) is 50.9 Å². The Balaban J connectivity index is 1.95. The van der Waals surface area contributed by atoms with Gasteiger partial charge in [0.25, 0.3) is 0 Å². The highest BCUT2D eigenvalue weighted by Crippen LogP contribution is 2.24. The third-order valence-electron chi connectivity index (χ3n) is 3.39. The van der Waals surface area contributed by atoms with Gasteiger partial charge in [0.1, 0.15) is 0 Å². The Morgan fingerprint density at radius 2 is 2.11 bits per heavy atom. The van der Waals surface area contributed by atoms with Gasteiger partial charge in [-0.2, -0.15) is 0 Å². The molecule has 0 aliphatic rings. The van der Waals surface area contributed by atoms with Crippen molar-refractivity contribution in [2.24, 2.45) is 5.92 Å². The summed E-state index contributed by atoms with van der Waals surface area (Å²) in [6.07, 6.45) is 2.49. The van der Waals surface area contributed by atoms with Gasteiger partial charge in [0.15, 0.2) is 5.13 Å². The SMILES string of the molecule is CCC(CC)CNCc1ccc2nc(N)sc2c1. The summed E-state index contributed by atoms with van der Waals surface area (Å²) in [5.74, 6) is 0.785. The van der Waals surface area contributed by atoms with Crippen molar-refractivity contribution in [3.63, 3.8) is 0 Å². The average molecular weight is 263 g/mol. The minimum Gasteiger partial charge on any atom is -0.375 e. The van der Waals surface area contributed by atoms with Gasteiger partial charge < -0.3 is 11.1 Å². The van der Waals surface area contributed by atoms with Gasteiger partial charge in [-0.15, -0.1) is 0 Å². The van der Waals surface area contributed by atoms with Crippen LogP contribution >= 0.6 is 11.3 Å². The lowest BCUT2D eigenvalue weighted by molar-refractivity contribution is 0.449. The van der Waals surface area contributed by atoms with E-state index in [4.69, 9.17) is 5.73 Å². The first-order valence-electron chi connectivity index (χ1n) is 6.58. The van der Waals surface area contributed by atoms with Crippen LogP contribution in [0.2, 0.25) is 0 Å². The van der Waals surface area contributed by atoms with Crippen LogP contribution in [0.4, 0.5) is 5.13 Å². The molecule has 2 rings (SSSR count). The van der Waals surface area contributed by atoms with Crippen molar-refractivity contribution < 1.29 is 0 Å². The number of hydrogen-bond acceptors (Lipinski definition) is 4. The Hall–Kier alpha value is -1.13. The molecule has 0 fully saturated rings. The van der Waals surface area contributed by atoms with Crippen LogP contribution in [0.15, 0.2) is 18.2 Å². The van der Waals surface area contributed by atoms with E-state index < -0.39 is 0 Å². The van der Waals surface area contributed by atoms with Gasteiger partial charge in [-0.1, -0.05) is 44.1 Å². The Kier molecular flexibility index (Phi) is 4.55. The number of hydrogen-bond donors (Lipinski definition) is 2. The average Bonchev–Trinajstić information content (AvgIpc) is 2.74. The van der Waals surface area contributed by atoms with Crippen LogP contribution in [0, 0.1) is 5.92 Å². The maximum absolute atomic E-state index is 5.71. The standard InChI is InChI=1S/C14H21N3S/c1-3-10(4-2)8-16-9-11-5-6-12-13(7-11)18-14(15)17-12/h5-7,10,16H,3-4,8-9H2,1-2H3,(H2,15,17). The van der Waals surface area contributed by atoms with Crippen LogP contribution in [-0.2, 0) is 6.54 Å². The monoisotopic (exact) mass is 263 g/mol. The fourth-order valence-electron chi connectivity index (χ4n) is 2.09. The van der Waals surface area contributed by atoms with Crippen LogP contribution in [0.5, 0.6) is 0 Å². The van der Waals surface area contributed by atoms with Crippen LogP contribution in [0.3, 0.4) is 0 Å². The summed E-state index contributed by atoms with van der Waals surface area (Å²) in [5.41, 5.74) is 8.01. The summed E-state index contributed by atoms with van der Waals surface area (Å²) in [7, 11) is 0. The van der Waals surface area contributed by atoms with Crippen LogP contribution < -0.4 is 11.1 Å². The molecule has 3 N–H and O–H groups in total. The fraction of sp³-hybridized carbons (Fsp3) is 0.500. The van der Waals surface area contributed by atoms with E-state index in [1.165, 1.54) is 23.1 Å². The van der Waals surface area contributed by atoms with Gasteiger partial charge in [-0.3, -0.25) is 0 Å². The summed E-state index contributed by atoms with van der Waals surface area (Å²) >= 11 is 1.55. The highest BCUT2D eigenvalue weighted by atomic mass is 32.1. The summed E-state index contributed by atoms with van der Waals surface area (Å²) < 4.78 is 1.18. The normalized spacial score (nSPS) is 11.5. The van der Waals surface area contributed by atoms with E-state index in [1.807, 2.05) is 0 Å². The first-order valence-corrected chi connectivity index (χ1v) is 7.40. The summed E-state index contributed by atoms with van der Waals surface area (Å²) in [4.78, 5) is 4.27. The van der Waals surface area contributed by atoms with Gasteiger partial charge >= 0.3 is 0 Å². The first kappa shape index (κ1) is 13.3. The molecule has 3 nitrogen and oxygen atoms in total. The highest BCUT2D eigenvalue weighted by molar-refractivity contribution is 7.22. The van der Waals surface area contributed by atoms with E-state index in [0.717, 1.165) is 24.5 Å². The molecule has 2 aromatic rings. The zero-order valence-corrected chi connectivity index (χ0v) is 11.9. The van der Waals surface area contributed by atoms with E-state index in [9.17, 15) is 0 Å². The molecule has 4 heteroatoms. The van der Waals surface area contributed by atoms with E-state index >= 15 is 0 Å². The molecule has 1 aromatic carbocycles. The Morgan fingerprint density at radius 3 is 2.83 bits per heavy atom. The number of benzene rings is 1. The molecule has 0 spiro atoms. The van der Waals surface area contributed by atoms with E-state index in [1.54, 1.807) is 11.3 Å². The molecule has 0 radical (unpaired) electrons. The zero-order chi connectivity index (χ0) is 13.0. The Labute approximate surface area is 112 Å². The van der Waals surface area contributed by atoms with Gasteiger partial charge in [0, 0.05) is 6.54 Å². The molecule has 18 heavy (non-hydrogen) atoms. The van der Waals surface area contributed by atoms with Crippen molar-refractivity contribution in [1.29, 1.82) is 0 Å². The predicted molar refractivity (Wildman–Crippen MR) is 79.8 cm³/mol. The number of thiazole rings is 1. The number of nitrogens with zero attached hydrogens (tertiary/aromatic N) is 1. The van der Waals surface area contributed by atoms with Crippen LogP contribution in [0.25, 0.3) is 10.2 Å². The number of nitrogen functional groups attached to an aromatic ring is 1. The largest absolute Gasteiger partial charge is 0.375 e. The lowest BCUT2D eigenvalue weighted by Gasteiger charge is -2.13. The van der Waals surface area contributed by atoms with Crippen molar-refractivity contribution in [2.75, 3.05) is 12.3 Å². The van der Waals surface area contributed by atoms with Gasteiger partial charge in [-0.05, 0) is 30.2 Å². The number of anilines is 1. The lowest BCUT2D eigenvalue weighted by atomic mass is 10.0. The van der Waals surface area contributed by atoms with Crippen molar-refractivity contribution in [3.05, 3.63) is 23.8 Å². The van der Waals surface area contributed by atoms with E-state index in [-0.39, 0.29) is 0 Å². The van der Waals surface area contributed by atoms with Gasteiger partial charge in [0.2, 0.25) is 0 Å². The molecule has 0 aliphatic carbocycles. The molecule has 0 saturated carbocycles. The van der Waals surface area contributed by atoms with Crippen molar-refractivity contribution >= 4 is 26.7 Å². The molecule has 1 aromatic heterocycles. The molecule has 0 unspecified atom stereocenters. The summed E-state index contributed by atoms with van der Waals surface area (Å²) in [6.45, 7) is 6.52. The molecular weight excluding hydrogens is 242 g/mol. The van der Waals surface area contributed by atoms with E-state index in [2.05, 4.69) is 42.3 Å². The van der Waals surface area contributed by atoms with Crippen molar-refractivity contribution in [1.82, 2.24) is 10.3 Å². The van der Waals surface area contributed by atoms with Crippen molar-refractivity contribution in [2.45, 2.75) is 33.2 Å². The second-order valence-electron chi connectivity index (χ2n) is 4.67. The number of fused-ring (bicyclic) bond motifs is 1. The minimum absolute atomic E-state index is 0.645. The van der Waals surface area contributed by atoms with Gasteiger partial charge in [0.05, 0.1) is 10.2 Å². The maximum atomic E-state index is 5.71. The first-order chi connectivity index (χ1) is 8.72. The number of aromatic nitrogens is 1. The quantitative estimate of drug-likeness (QED) is 0.839. The third kappa shape index (κ3) is 3.21. The number of nitrogens with one attached hydrogen (secondary N) is 1. The third-order valence-corrected chi connectivity index (χ3v) is 4.23. The van der Waals surface area contributed by atoms with E-state index in [0.29, 0.717) is 5.13 Å². The zero-order valence-electron chi connectivity index (χ0n) is 11.1. The Morgan fingerprint density at radius 1 is 1.33 bits per heavy atom. The fourth-order valence-corrected chi connectivity index (χ4v) is 2.89. The number of rotatable bonds is 6. The molecular formula is C14H21N3S. The van der Waals surface area contributed by atoms with Gasteiger partial charge in [-0.25, -0.2) is 4.98 Å². The molecule has 98 valence electrons. The molecule has 0 atom stereocenters. The smallest absolute Gasteiger partial charge is 0.181 e. The van der Waals surface area contributed by atoms with Crippen LogP contribution in [-0.4, -0.2) is 11.5 Å². The lowest BCUT2D eigenvalue weighted by Crippen LogP contribution is -2.21. The second kappa shape index (κ2) is 6.16. The Bertz CT molecular complexity index is 503. The molecule has 0 saturated heterocycles. The maximum Gasteiger partial charge on any atom is 0.181 e. The summed E-state index contributed by atoms with van der Waals surface area (Å²) in [5, 5.41) is 4.17. The molecule has 1 heterocycles. The molecule has 0 aliphatic heterocycles. The molecule has 0 bridgehead atoms. The molecule has 0 amide bonds. The minimum atomic E-state index is 0.645. The number of nitrogens with two attached hydrogens (primary N) is 1. The van der Waals surface area contributed by atoms with Crippen molar-refractivity contribution in [3.8, 4) is 0 Å².